The van der Waals surface area contributed by atoms with E-state index in [0.717, 1.165) is 44.0 Å². The van der Waals surface area contributed by atoms with E-state index in [0.29, 0.717) is 11.6 Å². The van der Waals surface area contributed by atoms with E-state index in [1.165, 1.54) is 23.3 Å². The van der Waals surface area contributed by atoms with E-state index < -0.39 is 10.0 Å². The normalized spacial score (nSPS) is 14.5. The predicted octanol–water partition coefficient (Wildman–Crippen LogP) is 3.08. The summed E-state index contributed by atoms with van der Waals surface area (Å²) in [5.74, 6) is 1.49. The molecule has 1 N–H and O–H groups in total. The van der Waals surface area contributed by atoms with Crippen molar-refractivity contribution in [1.82, 2.24) is 9.62 Å². The molecule has 0 aromatic heterocycles. The number of rotatable bonds is 8. The third-order valence-electron chi connectivity index (χ3n) is 4.85. The van der Waals surface area contributed by atoms with E-state index in [2.05, 4.69) is 9.62 Å². The molecule has 2 aromatic rings. The van der Waals surface area contributed by atoms with Crippen molar-refractivity contribution in [2.24, 2.45) is 0 Å². The Morgan fingerprint density at radius 1 is 1.11 bits per heavy atom. The number of methoxy groups -OCH3 is 2. The first-order valence-electron chi connectivity index (χ1n) is 9.14. The average Bonchev–Trinajstić information content (AvgIpc) is 2.70. The van der Waals surface area contributed by atoms with Crippen molar-refractivity contribution in [2.45, 2.75) is 24.3 Å². The van der Waals surface area contributed by atoms with Gasteiger partial charge in [0.15, 0.2) is 11.5 Å². The Labute approximate surface area is 171 Å². The summed E-state index contributed by atoms with van der Waals surface area (Å²) in [4.78, 5) is 2.51. The molecule has 0 saturated carbocycles. The van der Waals surface area contributed by atoms with Gasteiger partial charge in [0.2, 0.25) is 10.0 Å². The number of nitrogens with zero attached hydrogens (tertiary/aromatic N) is 1. The molecular formula is C20H25ClN2O4S. The maximum atomic E-state index is 12.3. The molecule has 0 bridgehead atoms. The SMILES string of the molecule is COc1cc2c(cc1OC)CN(CCCNS(=O)(=O)c1cccc(Cl)c1)CC2. The van der Waals surface area contributed by atoms with E-state index in [1.54, 1.807) is 26.4 Å². The van der Waals surface area contributed by atoms with Gasteiger partial charge >= 0.3 is 0 Å². The second-order valence-electron chi connectivity index (χ2n) is 6.71. The summed E-state index contributed by atoms with van der Waals surface area (Å²) >= 11 is 5.88. The quantitative estimate of drug-likeness (QED) is 0.659. The molecule has 1 heterocycles. The Hall–Kier alpha value is -1.80. The second-order valence-corrected chi connectivity index (χ2v) is 8.91. The first-order chi connectivity index (χ1) is 13.4. The van der Waals surface area contributed by atoms with Crippen LogP contribution in [0.2, 0.25) is 5.02 Å². The lowest BCUT2D eigenvalue weighted by molar-refractivity contribution is 0.250. The van der Waals surface area contributed by atoms with Crippen LogP contribution in [0.5, 0.6) is 11.5 Å². The summed E-state index contributed by atoms with van der Waals surface area (Å²) in [6, 6.07) is 10.3. The van der Waals surface area contributed by atoms with Gasteiger partial charge in [-0.2, -0.15) is 0 Å². The number of nitrogens with one attached hydrogen (secondary N) is 1. The number of fused-ring (bicyclic) bond motifs is 1. The van der Waals surface area contributed by atoms with Crippen LogP contribution in [0.15, 0.2) is 41.3 Å². The first kappa shape index (κ1) is 20.9. The monoisotopic (exact) mass is 424 g/mol. The van der Waals surface area contributed by atoms with Crippen molar-refractivity contribution >= 4 is 21.6 Å². The van der Waals surface area contributed by atoms with Gasteiger partial charge in [0.05, 0.1) is 19.1 Å². The number of ether oxygens (including phenoxy) is 2. The van der Waals surface area contributed by atoms with E-state index in [-0.39, 0.29) is 4.90 Å². The van der Waals surface area contributed by atoms with Gasteiger partial charge in [-0.3, -0.25) is 4.90 Å². The summed E-state index contributed by atoms with van der Waals surface area (Å²) in [6.45, 7) is 2.94. The molecule has 0 aliphatic carbocycles. The van der Waals surface area contributed by atoms with E-state index in [4.69, 9.17) is 21.1 Å². The fraction of sp³-hybridized carbons (Fsp3) is 0.400. The van der Waals surface area contributed by atoms with Gasteiger partial charge in [-0.25, -0.2) is 13.1 Å². The smallest absolute Gasteiger partial charge is 0.240 e. The Morgan fingerprint density at radius 2 is 1.82 bits per heavy atom. The molecule has 0 spiro atoms. The summed E-state index contributed by atoms with van der Waals surface area (Å²) in [5, 5.41) is 0.405. The van der Waals surface area contributed by atoms with Crippen LogP contribution in [0.4, 0.5) is 0 Å². The van der Waals surface area contributed by atoms with Gasteiger partial charge in [0, 0.05) is 24.7 Å². The van der Waals surface area contributed by atoms with Crippen molar-refractivity contribution in [3.8, 4) is 11.5 Å². The minimum Gasteiger partial charge on any atom is -0.493 e. The number of benzene rings is 2. The zero-order valence-electron chi connectivity index (χ0n) is 16.1. The van der Waals surface area contributed by atoms with E-state index >= 15 is 0 Å². The van der Waals surface area contributed by atoms with Crippen molar-refractivity contribution < 1.29 is 17.9 Å². The Morgan fingerprint density at radius 3 is 2.50 bits per heavy atom. The van der Waals surface area contributed by atoms with Crippen LogP contribution in [0.25, 0.3) is 0 Å². The topological polar surface area (TPSA) is 67.9 Å². The molecular weight excluding hydrogens is 400 g/mol. The lowest BCUT2D eigenvalue weighted by Crippen LogP contribution is -2.33. The lowest BCUT2D eigenvalue weighted by Gasteiger charge is -2.29. The highest BCUT2D eigenvalue weighted by Crippen LogP contribution is 2.33. The number of sulfonamides is 1. The third kappa shape index (κ3) is 4.97. The average molecular weight is 425 g/mol. The van der Waals surface area contributed by atoms with Crippen LogP contribution < -0.4 is 14.2 Å². The van der Waals surface area contributed by atoms with Crippen molar-refractivity contribution in [1.29, 1.82) is 0 Å². The minimum absolute atomic E-state index is 0.188. The number of halogens is 1. The molecule has 8 heteroatoms. The Kier molecular flexibility index (Phi) is 6.82. The zero-order valence-corrected chi connectivity index (χ0v) is 17.6. The second kappa shape index (κ2) is 9.13. The molecule has 0 unspecified atom stereocenters. The highest BCUT2D eigenvalue weighted by molar-refractivity contribution is 7.89. The zero-order chi connectivity index (χ0) is 20.1. The van der Waals surface area contributed by atoms with Crippen molar-refractivity contribution in [2.75, 3.05) is 33.9 Å². The standard InChI is InChI=1S/C20H25ClN2O4S/c1-26-19-11-15-7-10-23(14-16(15)12-20(19)27-2)9-4-8-22-28(24,25)18-6-3-5-17(21)13-18/h3,5-6,11-13,22H,4,7-10,14H2,1-2H3. The molecule has 0 amide bonds. The molecule has 0 saturated heterocycles. The van der Waals surface area contributed by atoms with Gasteiger partial charge in [-0.15, -0.1) is 0 Å². The fourth-order valence-corrected chi connectivity index (χ4v) is 4.73. The van der Waals surface area contributed by atoms with Crippen LogP contribution in [0.3, 0.4) is 0 Å². The minimum atomic E-state index is -3.53. The van der Waals surface area contributed by atoms with Crippen molar-refractivity contribution in [3.63, 3.8) is 0 Å². The van der Waals surface area contributed by atoms with Gasteiger partial charge in [-0.1, -0.05) is 17.7 Å². The maximum Gasteiger partial charge on any atom is 0.240 e. The molecule has 28 heavy (non-hydrogen) atoms. The highest BCUT2D eigenvalue weighted by Gasteiger charge is 2.19. The molecule has 1 aliphatic heterocycles. The van der Waals surface area contributed by atoms with Gasteiger partial charge < -0.3 is 9.47 Å². The fourth-order valence-electron chi connectivity index (χ4n) is 3.36. The van der Waals surface area contributed by atoms with Crippen LogP contribution >= 0.6 is 11.6 Å². The lowest BCUT2D eigenvalue weighted by atomic mass is 9.98. The highest BCUT2D eigenvalue weighted by atomic mass is 35.5. The first-order valence-corrected chi connectivity index (χ1v) is 11.0. The summed E-state index contributed by atoms with van der Waals surface area (Å²) in [5.41, 5.74) is 2.50. The van der Waals surface area contributed by atoms with Crippen LogP contribution in [-0.2, 0) is 23.0 Å². The van der Waals surface area contributed by atoms with E-state index in [1.807, 2.05) is 12.1 Å². The number of hydrogen-bond donors (Lipinski definition) is 1. The molecule has 0 fully saturated rings. The Balaban J connectivity index is 1.53. The molecule has 2 aromatic carbocycles. The molecule has 0 radical (unpaired) electrons. The Bertz CT molecular complexity index is 934. The van der Waals surface area contributed by atoms with Gasteiger partial charge in [0.25, 0.3) is 0 Å². The molecule has 0 atom stereocenters. The van der Waals surface area contributed by atoms with Gasteiger partial charge in [0.1, 0.15) is 0 Å². The summed E-state index contributed by atoms with van der Waals surface area (Å²) < 4.78 is 38.1. The van der Waals surface area contributed by atoms with Crippen LogP contribution in [0.1, 0.15) is 17.5 Å². The van der Waals surface area contributed by atoms with Crippen molar-refractivity contribution in [3.05, 3.63) is 52.5 Å². The largest absolute Gasteiger partial charge is 0.493 e. The third-order valence-corrected chi connectivity index (χ3v) is 6.54. The molecule has 152 valence electrons. The summed E-state index contributed by atoms with van der Waals surface area (Å²) in [6.07, 6.45) is 1.66. The van der Waals surface area contributed by atoms with Gasteiger partial charge in [-0.05, 0) is 60.8 Å². The molecule has 1 aliphatic rings. The predicted molar refractivity (Wildman–Crippen MR) is 110 cm³/mol. The maximum absolute atomic E-state index is 12.3. The van der Waals surface area contributed by atoms with Crippen LogP contribution in [0, 0.1) is 0 Å². The molecule has 6 nitrogen and oxygen atoms in total. The number of hydrogen-bond acceptors (Lipinski definition) is 5. The molecule has 3 rings (SSSR count). The van der Waals surface area contributed by atoms with E-state index in [9.17, 15) is 8.42 Å². The summed E-state index contributed by atoms with van der Waals surface area (Å²) in [7, 11) is -0.256. The van der Waals surface area contributed by atoms with Crippen LogP contribution in [-0.4, -0.2) is 47.2 Å².